The Labute approximate surface area is 168 Å². The van der Waals surface area contributed by atoms with Crippen LogP contribution in [0.1, 0.15) is 11.1 Å². The summed E-state index contributed by atoms with van der Waals surface area (Å²) in [4.78, 5) is 23.8. The highest BCUT2D eigenvalue weighted by Crippen LogP contribution is 2.12. The molecular formula is C20H21N3O4S. The summed E-state index contributed by atoms with van der Waals surface area (Å²) in [5.74, 6) is 0.736. The Bertz CT molecular complexity index is 849. The lowest BCUT2D eigenvalue weighted by Crippen LogP contribution is -2.48. The van der Waals surface area contributed by atoms with Gasteiger partial charge < -0.3 is 9.47 Å². The first kappa shape index (κ1) is 20.9. The summed E-state index contributed by atoms with van der Waals surface area (Å²) in [6.45, 7) is 0. The van der Waals surface area contributed by atoms with Crippen LogP contribution in [0.25, 0.3) is 6.08 Å². The summed E-state index contributed by atoms with van der Waals surface area (Å²) in [5.41, 5.74) is 6.58. The average molecular weight is 399 g/mol. The Morgan fingerprint density at radius 1 is 0.929 bits per heavy atom. The fourth-order valence-corrected chi connectivity index (χ4v) is 2.32. The van der Waals surface area contributed by atoms with Crippen molar-refractivity contribution >= 4 is 35.2 Å². The van der Waals surface area contributed by atoms with Gasteiger partial charge in [0.15, 0.2) is 5.11 Å². The van der Waals surface area contributed by atoms with Crippen molar-refractivity contribution < 1.29 is 19.1 Å². The number of hydrogen-bond donors (Lipinski definition) is 3. The summed E-state index contributed by atoms with van der Waals surface area (Å²) >= 11 is 4.99. The Hall–Kier alpha value is -3.39. The van der Waals surface area contributed by atoms with Crippen LogP contribution in [0.3, 0.4) is 0 Å². The van der Waals surface area contributed by atoms with Crippen LogP contribution in [-0.4, -0.2) is 31.1 Å². The Morgan fingerprint density at radius 3 is 2.07 bits per heavy atom. The lowest BCUT2D eigenvalue weighted by Gasteiger charge is -2.10. The number of carbonyl (C=O) groups excluding carboxylic acids is 2. The summed E-state index contributed by atoms with van der Waals surface area (Å²) < 4.78 is 10.1. The second-order valence-electron chi connectivity index (χ2n) is 5.62. The Kier molecular flexibility index (Phi) is 7.98. The van der Waals surface area contributed by atoms with Crippen LogP contribution in [0, 0.1) is 0 Å². The van der Waals surface area contributed by atoms with E-state index in [1.165, 1.54) is 6.08 Å². The molecule has 2 amide bonds. The molecule has 28 heavy (non-hydrogen) atoms. The van der Waals surface area contributed by atoms with Crippen LogP contribution in [-0.2, 0) is 16.0 Å². The van der Waals surface area contributed by atoms with Crippen molar-refractivity contribution in [1.82, 2.24) is 16.2 Å². The highest BCUT2D eigenvalue weighted by molar-refractivity contribution is 7.80. The van der Waals surface area contributed by atoms with Gasteiger partial charge in [0, 0.05) is 6.08 Å². The molecule has 7 nitrogen and oxygen atoms in total. The van der Waals surface area contributed by atoms with Crippen LogP contribution in [0.2, 0.25) is 0 Å². The molecule has 0 heterocycles. The summed E-state index contributed by atoms with van der Waals surface area (Å²) in [5, 5.41) is 2.44. The van der Waals surface area contributed by atoms with E-state index in [1.807, 2.05) is 12.1 Å². The van der Waals surface area contributed by atoms with Crippen molar-refractivity contribution in [2.45, 2.75) is 6.42 Å². The van der Waals surface area contributed by atoms with Gasteiger partial charge in [-0.2, -0.15) is 0 Å². The molecule has 8 heteroatoms. The van der Waals surface area contributed by atoms with Gasteiger partial charge in [0.05, 0.1) is 20.6 Å². The molecule has 0 aromatic heterocycles. The molecule has 146 valence electrons. The molecule has 2 aromatic carbocycles. The zero-order valence-electron chi connectivity index (χ0n) is 15.5. The largest absolute Gasteiger partial charge is 0.497 e. The molecule has 0 atom stereocenters. The smallest absolute Gasteiger partial charge is 0.250 e. The quantitative estimate of drug-likeness (QED) is 0.391. The molecule has 0 saturated carbocycles. The van der Waals surface area contributed by atoms with Crippen LogP contribution in [0.5, 0.6) is 11.5 Å². The molecule has 0 aliphatic rings. The standard InChI is InChI=1S/C20H21N3O4S/c1-26-16-8-3-14(4-9-16)7-12-18(24)21-20(28)23-22-19(25)13-15-5-10-17(27-2)11-6-15/h3-12H,13H2,1-2H3,(H,22,25)(H2,21,23,24,28)/b12-7+. The van der Waals surface area contributed by atoms with E-state index in [0.717, 1.165) is 16.9 Å². The second-order valence-corrected chi connectivity index (χ2v) is 6.03. The van der Waals surface area contributed by atoms with Gasteiger partial charge in [-0.05, 0) is 53.7 Å². The van der Waals surface area contributed by atoms with Gasteiger partial charge in [0.25, 0.3) is 0 Å². The van der Waals surface area contributed by atoms with E-state index >= 15 is 0 Å². The van der Waals surface area contributed by atoms with Crippen LogP contribution in [0.15, 0.2) is 54.6 Å². The Morgan fingerprint density at radius 2 is 1.50 bits per heavy atom. The van der Waals surface area contributed by atoms with Crippen LogP contribution >= 0.6 is 12.2 Å². The predicted octanol–water partition coefficient (Wildman–Crippen LogP) is 1.98. The van der Waals surface area contributed by atoms with E-state index < -0.39 is 5.91 Å². The first-order valence-electron chi connectivity index (χ1n) is 8.35. The predicted molar refractivity (Wildman–Crippen MR) is 111 cm³/mol. The molecule has 0 spiro atoms. The minimum Gasteiger partial charge on any atom is -0.497 e. The lowest BCUT2D eigenvalue weighted by atomic mass is 10.1. The Balaban J connectivity index is 1.73. The van der Waals surface area contributed by atoms with E-state index in [0.29, 0.717) is 5.75 Å². The SMILES string of the molecule is COc1ccc(/C=C/C(=O)NC(=S)NNC(=O)Cc2ccc(OC)cc2)cc1. The normalized spacial score (nSPS) is 10.2. The number of benzene rings is 2. The number of hydrogen-bond acceptors (Lipinski definition) is 5. The number of thiocarbonyl (C=S) groups is 1. The van der Waals surface area contributed by atoms with Crippen molar-refractivity contribution in [3.8, 4) is 11.5 Å². The number of hydrazine groups is 1. The highest BCUT2D eigenvalue weighted by Gasteiger charge is 2.05. The fourth-order valence-electron chi connectivity index (χ4n) is 2.17. The fraction of sp³-hybridized carbons (Fsp3) is 0.150. The molecule has 3 N–H and O–H groups in total. The van der Waals surface area contributed by atoms with Gasteiger partial charge in [-0.1, -0.05) is 24.3 Å². The maximum absolute atomic E-state index is 11.9. The first-order valence-corrected chi connectivity index (χ1v) is 8.76. The number of nitrogens with one attached hydrogen (secondary N) is 3. The molecule has 0 aliphatic carbocycles. The van der Waals surface area contributed by atoms with Gasteiger partial charge in [-0.3, -0.25) is 25.8 Å². The van der Waals surface area contributed by atoms with Crippen LogP contribution in [0.4, 0.5) is 0 Å². The molecule has 0 saturated heterocycles. The third kappa shape index (κ3) is 7.08. The molecule has 0 bridgehead atoms. The maximum atomic E-state index is 11.9. The van der Waals surface area contributed by atoms with Gasteiger partial charge in [-0.25, -0.2) is 0 Å². The topological polar surface area (TPSA) is 88.7 Å². The highest BCUT2D eigenvalue weighted by atomic mass is 32.1. The van der Waals surface area contributed by atoms with Crippen molar-refractivity contribution in [3.63, 3.8) is 0 Å². The first-order chi connectivity index (χ1) is 13.5. The number of methoxy groups -OCH3 is 2. The van der Waals surface area contributed by atoms with Gasteiger partial charge in [0.1, 0.15) is 11.5 Å². The molecule has 0 unspecified atom stereocenters. The van der Waals surface area contributed by atoms with Gasteiger partial charge in [-0.15, -0.1) is 0 Å². The molecule has 0 radical (unpaired) electrons. The number of ether oxygens (including phenoxy) is 2. The third-order valence-corrected chi connectivity index (χ3v) is 3.82. The second kappa shape index (κ2) is 10.7. The van der Waals surface area contributed by atoms with Crippen LogP contribution < -0.4 is 25.6 Å². The van der Waals surface area contributed by atoms with Crippen molar-refractivity contribution in [2.75, 3.05) is 14.2 Å². The van der Waals surface area contributed by atoms with E-state index in [9.17, 15) is 9.59 Å². The molecule has 2 aromatic rings. The molecule has 0 aliphatic heterocycles. The third-order valence-electron chi connectivity index (χ3n) is 3.62. The monoisotopic (exact) mass is 399 g/mol. The number of carbonyl (C=O) groups is 2. The number of amides is 2. The maximum Gasteiger partial charge on any atom is 0.250 e. The summed E-state index contributed by atoms with van der Waals surface area (Å²) in [6, 6.07) is 14.4. The minimum atomic E-state index is -0.419. The van der Waals surface area contributed by atoms with Gasteiger partial charge >= 0.3 is 0 Å². The van der Waals surface area contributed by atoms with E-state index in [-0.39, 0.29) is 17.4 Å². The zero-order valence-corrected chi connectivity index (χ0v) is 16.3. The number of rotatable bonds is 6. The van der Waals surface area contributed by atoms with Crippen molar-refractivity contribution in [2.24, 2.45) is 0 Å². The average Bonchev–Trinajstić information content (AvgIpc) is 2.71. The zero-order chi connectivity index (χ0) is 20.4. The molecule has 0 fully saturated rings. The van der Waals surface area contributed by atoms with E-state index in [1.54, 1.807) is 56.7 Å². The lowest BCUT2D eigenvalue weighted by molar-refractivity contribution is -0.121. The van der Waals surface area contributed by atoms with Crippen molar-refractivity contribution in [3.05, 3.63) is 65.7 Å². The molecule has 2 rings (SSSR count). The van der Waals surface area contributed by atoms with Crippen molar-refractivity contribution in [1.29, 1.82) is 0 Å². The van der Waals surface area contributed by atoms with E-state index in [2.05, 4.69) is 16.2 Å². The van der Waals surface area contributed by atoms with Gasteiger partial charge in [0.2, 0.25) is 11.8 Å². The molecular weight excluding hydrogens is 378 g/mol. The summed E-state index contributed by atoms with van der Waals surface area (Å²) in [6.07, 6.45) is 3.14. The summed E-state index contributed by atoms with van der Waals surface area (Å²) in [7, 11) is 3.16. The van der Waals surface area contributed by atoms with E-state index in [4.69, 9.17) is 21.7 Å². The minimum absolute atomic E-state index is 0.00698.